The summed E-state index contributed by atoms with van der Waals surface area (Å²) in [6, 6.07) is 14.1. The highest BCUT2D eigenvalue weighted by Crippen LogP contribution is 2.33. The second-order valence-electron chi connectivity index (χ2n) is 4.58. The molecule has 1 atom stereocenters. The van der Waals surface area contributed by atoms with Gasteiger partial charge in [-0.15, -0.1) is 11.3 Å². The summed E-state index contributed by atoms with van der Waals surface area (Å²) in [5.74, 6) is -1.64. The monoisotopic (exact) mass is 289 g/mol. The number of halogens is 2. The van der Waals surface area contributed by atoms with Crippen molar-refractivity contribution in [3.05, 3.63) is 70.6 Å². The first-order valence-electron chi connectivity index (χ1n) is 6.29. The van der Waals surface area contributed by atoms with Gasteiger partial charge < -0.3 is 5.32 Å². The highest BCUT2D eigenvalue weighted by molar-refractivity contribution is 7.19. The number of nitrogens with one attached hydrogen (secondary N) is 1. The summed E-state index contributed by atoms with van der Waals surface area (Å²) in [5, 5.41) is 4.33. The number of benzene rings is 2. The molecule has 3 aromatic rings. The van der Waals surface area contributed by atoms with E-state index in [-0.39, 0.29) is 6.04 Å². The summed E-state index contributed by atoms with van der Waals surface area (Å²) < 4.78 is 27.6. The van der Waals surface area contributed by atoms with E-state index in [0.717, 1.165) is 15.8 Å². The summed E-state index contributed by atoms with van der Waals surface area (Å²) >= 11 is 1.66. The molecule has 102 valence electrons. The van der Waals surface area contributed by atoms with Crippen molar-refractivity contribution in [3.8, 4) is 0 Å². The molecule has 1 aromatic heterocycles. The molecular formula is C16H13F2NS. The standard InChI is InChI=1S/C16H13F2NS/c1-19-16(11-6-7-12(17)13(18)8-11)15-9-10-4-2-3-5-14(10)20-15/h2-9,16,19H,1H3. The first-order valence-corrected chi connectivity index (χ1v) is 7.11. The minimum atomic E-state index is -0.819. The molecule has 1 unspecified atom stereocenters. The van der Waals surface area contributed by atoms with Crippen molar-refractivity contribution in [2.45, 2.75) is 6.04 Å². The van der Waals surface area contributed by atoms with Crippen LogP contribution in [-0.4, -0.2) is 7.05 Å². The lowest BCUT2D eigenvalue weighted by atomic mass is 10.0. The van der Waals surface area contributed by atoms with E-state index in [1.807, 2.05) is 25.2 Å². The maximum Gasteiger partial charge on any atom is 0.159 e. The van der Waals surface area contributed by atoms with E-state index in [0.29, 0.717) is 0 Å². The Morgan fingerprint density at radius 1 is 1.00 bits per heavy atom. The second kappa shape index (κ2) is 5.31. The predicted molar refractivity (Wildman–Crippen MR) is 79.1 cm³/mol. The molecule has 4 heteroatoms. The van der Waals surface area contributed by atoms with Gasteiger partial charge in [-0.25, -0.2) is 8.78 Å². The third-order valence-electron chi connectivity index (χ3n) is 3.29. The third kappa shape index (κ3) is 2.32. The summed E-state index contributed by atoms with van der Waals surface area (Å²) in [4.78, 5) is 1.08. The quantitative estimate of drug-likeness (QED) is 0.749. The minimum absolute atomic E-state index is 0.137. The zero-order valence-electron chi connectivity index (χ0n) is 10.9. The summed E-state index contributed by atoms with van der Waals surface area (Å²) in [7, 11) is 1.82. The zero-order chi connectivity index (χ0) is 14.1. The molecule has 1 N–H and O–H groups in total. The fourth-order valence-corrected chi connectivity index (χ4v) is 3.51. The molecule has 2 aromatic carbocycles. The van der Waals surface area contributed by atoms with E-state index in [4.69, 9.17) is 0 Å². The summed E-state index contributed by atoms with van der Waals surface area (Å²) in [6.45, 7) is 0. The highest BCUT2D eigenvalue weighted by Gasteiger charge is 2.16. The molecule has 0 aliphatic heterocycles. The molecule has 20 heavy (non-hydrogen) atoms. The van der Waals surface area contributed by atoms with Crippen molar-refractivity contribution in [1.29, 1.82) is 0 Å². The second-order valence-corrected chi connectivity index (χ2v) is 5.70. The number of hydrogen-bond acceptors (Lipinski definition) is 2. The van der Waals surface area contributed by atoms with Crippen LogP contribution in [0.15, 0.2) is 48.5 Å². The van der Waals surface area contributed by atoms with Crippen LogP contribution in [0.5, 0.6) is 0 Å². The topological polar surface area (TPSA) is 12.0 Å². The Morgan fingerprint density at radius 2 is 1.80 bits per heavy atom. The molecule has 0 saturated heterocycles. The lowest BCUT2D eigenvalue weighted by Crippen LogP contribution is -2.16. The van der Waals surface area contributed by atoms with Crippen LogP contribution >= 0.6 is 11.3 Å². The minimum Gasteiger partial charge on any atom is -0.309 e. The largest absolute Gasteiger partial charge is 0.309 e. The Kier molecular flexibility index (Phi) is 3.51. The third-order valence-corrected chi connectivity index (χ3v) is 4.48. The molecule has 1 nitrogen and oxygen atoms in total. The van der Waals surface area contributed by atoms with E-state index in [1.54, 1.807) is 17.4 Å². The van der Waals surface area contributed by atoms with Crippen molar-refractivity contribution in [2.24, 2.45) is 0 Å². The molecule has 0 aliphatic rings. The molecule has 3 rings (SSSR count). The Bertz CT molecular complexity index is 718. The number of fused-ring (bicyclic) bond motifs is 1. The first kappa shape index (κ1) is 13.2. The van der Waals surface area contributed by atoms with Gasteiger partial charge in [0.15, 0.2) is 11.6 Å². The lowest BCUT2D eigenvalue weighted by molar-refractivity contribution is 0.505. The molecule has 0 radical (unpaired) electrons. The van der Waals surface area contributed by atoms with Crippen LogP contribution in [0.4, 0.5) is 8.78 Å². The lowest BCUT2D eigenvalue weighted by Gasteiger charge is -2.15. The fourth-order valence-electron chi connectivity index (χ4n) is 2.31. The Labute approximate surface area is 119 Å². The van der Waals surface area contributed by atoms with Gasteiger partial charge in [0.05, 0.1) is 6.04 Å². The predicted octanol–water partition coefficient (Wildman–Crippen LogP) is 4.49. The van der Waals surface area contributed by atoms with Crippen LogP contribution in [0, 0.1) is 11.6 Å². The first-order chi connectivity index (χ1) is 9.69. The number of thiophene rings is 1. The molecule has 0 spiro atoms. The van der Waals surface area contributed by atoms with Gasteiger partial charge in [0.2, 0.25) is 0 Å². The summed E-state index contributed by atoms with van der Waals surface area (Å²) in [5.41, 5.74) is 0.720. The smallest absolute Gasteiger partial charge is 0.159 e. The molecule has 0 fully saturated rings. The Morgan fingerprint density at radius 3 is 2.50 bits per heavy atom. The van der Waals surface area contributed by atoms with E-state index >= 15 is 0 Å². The van der Waals surface area contributed by atoms with Crippen molar-refractivity contribution >= 4 is 21.4 Å². The maximum absolute atomic E-state index is 13.4. The summed E-state index contributed by atoms with van der Waals surface area (Å²) in [6.07, 6.45) is 0. The number of rotatable bonds is 3. The normalized spacial score (nSPS) is 12.8. The van der Waals surface area contributed by atoms with Gasteiger partial charge in [0.1, 0.15) is 0 Å². The Hall–Kier alpha value is -1.78. The molecule has 0 bridgehead atoms. The van der Waals surface area contributed by atoms with Gasteiger partial charge in [-0.2, -0.15) is 0 Å². The molecule has 0 saturated carbocycles. The van der Waals surface area contributed by atoms with Gasteiger partial charge in [0.25, 0.3) is 0 Å². The van der Waals surface area contributed by atoms with Gasteiger partial charge >= 0.3 is 0 Å². The molecule has 0 aliphatic carbocycles. The van der Waals surface area contributed by atoms with Crippen molar-refractivity contribution in [3.63, 3.8) is 0 Å². The van der Waals surface area contributed by atoms with Gasteiger partial charge in [-0.3, -0.25) is 0 Å². The van der Waals surface area contributed by atoms with Crippen LogP contribution in [-0.2, 0) is 0 Å². The zero-order valence-corrected chi connectivity index (χ0v) is 11.7. The average Bonchev–Trinajstić information content (AvgIpc) is 2.87. The van der Waals surface area contributed by atoms with E-state index in [1.165, 1.54) is 16.8 Å². The maximum atomic E-state index is 13.4. The van der Waals surface area contributed by atoms with Crippen LogP contribution in [0.2, 0.25) is 0 Å². The average molecular weight is 289 g/mol. The SMILES string of the molecule is CNC(c1ccc(F)c(F)c1)c1cc2ccccc2s1. The van der Waals surface area contributed by atoms with E-state index in [2.05, 4.69) is 17.4 Å². The number of hydrogen-bond donors (Lipinski definition) is 1. The van der Waals surface area contributed by atoms with Crippen molar-refractivity contribution in [1.82, 2.24) is 5.32 Å². The van der Waals surface area contributed by atoms with Crippen LogP contribution in [0.1, 0.15) is 16.5 Å². The van der Waals surface area contributed by atoms with Crippen LogP contribution in [0.3, 0.4) is 0 Å². The van der Waals surface area contributed by atoms with Gasteiger partial charge in [0, 0.05) is 9.58 Å². The molecule has 0 amide bonds. The van der Waals surface area contributed by atoms with Gasteiger partial charge in [-0.05, 0) is 42.3 Å². The van der Waals surface area contributed by atoms with Crippen LogP contribution in [0.25, 0.3) is 10.1 Å². The Balaban J connectivity index is 2.06. The molecular weight excluding hydrogens is 276 g/mol. The van der Waals surface area contributed by atoms with Gasteiger partial charge in [-0.1, -0.05) is 24.3 Å². The van der Waals surface area contributed by atoms with Crippen LogP contribution < -0.4 is 5.32 Å². The highest BCUT2D eigenvalue weighted by atomic mass is 32.1. The van der Waals surface area contributed by atoms with E-state index < -0.39 is 11.6 Å². The van der Waals surface area contributed by atoms with Crippen molar-refractivity contribution in [2.75, 3.05) is 7.05 Å². The fraction of sp³-hybridized carbons (Fsp3) is 0.125. The van der Waals surface area contributed by atoms with Crippen molar-refractivity contribution < 1.29 is 8.78 Å². The van der Waals surface area contributed by atoms with E-state index in [9.17, 15) is 8.78 Å². The molecule has 1 heterocycles.